The van der Waals surface area contributed by atoms with E-state index in [1.165, 1.54) is 6.92 Å². The molecular formula is C42H64O14. The monoisotopic (exact) mass is 792 g/mol. The van der Waals surface area contributed by atoms with Gasteiger partial charge in [0, 0.05) is 35.2 Å². The Bertz CT molecular complexity index is 1630. The number of ketones is 2. The molecule has 3 aliphatic heterocycles. The van der Waals surface area contributed by atoms with E-state index in [1.54, 1.807) is 13.0 Å². The first-order chi connectivity index (χ1) is 26.0. The molecule has 0 unspecified atom stereocenters. The molecule has 19 atom stereocenters. The molecule has 7 aliphatic rings. The third kappa shape index (κ3) is 5.90. The summed E-state index contributed by atoms with van der Waals surface area (Å²) in [4.78, 5) is 28.6. The van der Waals surface area contributed by atoms with E-state index in [4.69, 9.17) is 23.7 Å². The zero-order chi connectivity index (χ0) is 41.2. The van der Waals surface area contributed by atoms with Crippen molar-refractivity contribution in [2.45, 2.75) is 174 Å². The van der Waals surface area contributed by atoms with Crippen molar-refractivity contribution in [2.24, 2.45) is 45.3 Å². The Labute approximate surface area is 329 Å². The van der Waals surface area contributed by atoms with Gasteiger partial charge in [-0.1, -0.05) is 60.1 Å². The van der Waals surface area contributed by atoms with Crippen LogP contribution in [0.3, 0.4) is 0 Å². The number of Topliss-reactive ketones (excluding diaryl/α,β-unsaturated/α-hetero) is 1. The number of hydrogen-bond donors (Lipinski definition) is 7. The molecule has 0 aromatic rings. The van der Waals surface area contributed by atoms with Gasteiger partial charge in [0.15, 0.2) is 18.2 Å². The van der Waals surface area contributed by atoms with Crippen molar-refractivity contribution in [3.05, 3.63) is 23.5 Å². The highest BCUT2D eigenvalue weighted by Crippen LogP contribution is 2.74. The van der Waals surface area contributed by atoms with Crippen LogP contribution >= 0.6 is 0 Å². The Morgan fingerprint density at radius 2 is 1.52 bits per heavy atom. The molecule has 4 aliphatic carbocycles. The minimum Gasteiger partial charge on any atom is -0.483 e. The highest BCUT2D eigenvalue weighted by Gasteiger charge is 2.75. The van der Waals surface area contributed by atoms with Crippen LogP contribution in [0.1, 0.15) is 94.4 Å². The normalized spacial score (nSPS) is 52.8. The predicted molar refractivity (Wildman–Crippen MR) is 198 cm³/mol. The van der Waals surface area contributed by atoms with Crippen LogP contribution < -0.4 is 0 Å². The summed E-state index contributed by atoms with van der Waals surface area (Å²) >= 11 is 0. The summed E-state index contributed by atoms with van der Waals surface area (Å²) in [5, 5.41) is 75.3. The van der Waals surface area contributed by atoms with Gasteiger partial charge in [0.25, 0.3) is 0 Å². The van der Waals surface area contributed by atoms with Crippen LogP contribution in [0.2, 0.25) is 0 Å². The molecule has 316 valence electrons. The van der Waals surface area contributed by atoms with Gasteiger partial charge < -0.3 is 59.4 Å². The van der Waals surface area contributed by atoms with Crippen molar-refractivity contribution in [1.29, 1.82) is 0 Å². The molecule has 14 nitrogen and oxygen atoms in total. The molecule has 0 amide bonds. The number of aliphatic hydroxyl groups excluding tert-OH is 7. The molecule has 3 saturated carbocycles. The summed E-state index contributed by atoms with van der Waals surface area (Å²) in [6.07, 6.45) is -9.67. The Morgan fingerprint density at radius 1 is 0.839 bits per heavy atom. The number of ether oxygens (including phenoxy) is 5. The summed E-state index contributed by atoms with van der Waals surface area (Å²) in [6, 6.07) is 0. The van der Waals surface area contributed by atoms with Crippen molar-refractivity contribution in [3.63, 3.8) is 0 Å². The summed E-state index contributed by atoms with van der Waals surface area (Å²) in [6.45, 7) is 17.0. The fourth-order valence-electron chi connectivity index (χ4n) is 12.5. The number of carbonyl (C=O) groups excluding carboxylic acids is 2. The van der Waals surface area contributed by atoms with E-state index in [2.05, 4.69) is 26.8 Å². The van der Waals surface area contributed by atoms with Crippen molar-refractivity contribution >= 4 is 11.6 Å². The van der Waals surface area contributed by atoms with Crippen LogP contribution in [0.25, 0.3) is 0 Å². The number of rotatable bonds is 7. The molecule has 2 saturated heterocycles. The average molecular weight is 793 g/mol. The van der Waals surface area contributed by atoms with Gasteiger partial charge in [-0.05, 0) is 62.2 Å². The quantitative estimate of drug-likeness (QED) is 0.183. The zero-order valence-corrected chi connectivity index (χ0v) is 34.1. The van der Waals surface area contributed by atoms with Crippen LogP contribution in [-0.4, -0.2) is 133 Å². The smallest absolute Gasteiger partial charge is 0.202 e. The fraction of sp³-hybridized carbons (Fsp3) is 0.857. The topological polar surface area (TPSA) is 222 Å². The Hall–Kier alpha value is -1.82. The molecule has 3 heterocycles. The number of carbonyl (C=O) groups is 2. The average Bonchev–Trinajstić information content (AvgIpc) is 3.54. The first-order valence-electron chi connectivity index (χ1n) is 20.5. The lowest BCUT2D eigenvalue weighted by Crippen LogP contribution is -2.66. The first kappa shape index (κ1) is 42.3. The van der Waals surface area contributed by atoms with Gasteiger partial charge in [-0.15, -0.1) is 0 Å². The molecule has 0 aromatic carbocycles. The van der Waals surface area contributed by atoms with E-state index in [1.807, 2.05) is 27.7 Å². The molecule has 14 heteroatoms. The van der Waals surface area contributed by atoms with Crippen LogP contribution in [-0.2, 0) is 33.3 Å². The molecule has 5 fully saturated rings. The van der Waals surface area contributed by atoms with Crippen molar-refractivity contribution in [3.8, 4) is 0 Å². The van der Waals surface area contributed by atoms with Gasteiger partial charge in [-0.2, -0.15) is 0 Å². The van der Waals surface area contributed by atoms with E-state index >= 15 is 0 Å². The first-order valence-corrected chi connectivity index (χ1v) is 20.5. The van der Waals surface area contributed by atoms with Crippen molar-refractivity contribution in [1.82, 2.24) is 0 Å². The highest BCUT2D eigenvalue weighted by atomic mass is 16.8. The maximum Gasteiger partial charge on any atom is 0.202 e. The second-order valence-electron chi connectivity index (χ2n) is 19.7. The van der Waals surface area contributed by atoms with Crippen molar-refractivity contribution < 1.29 is 69.0 Å². The Kier molecular flexibility index (Phi) is 10.7. The standard InChI is InChI=1S/C42H64O14/c1-18(2)23-14-26(45)42(9,56-23)35-22(44)15-39(6)25-12-10-20-21(41(25,8)27(46)16-40(35,39)7)11-13-28(38(20,4)5)54-37-34(32(50)30(48)24(17-43)53-37)55-36-33(51)31(49)29(47)19(3)52-36/h10,14,18-19,21-22,24-25,28-37,43-44,47-51H,11-13,15-17H2,1-9H3/t19-,21-,22+,24+,25-,28+,29-,30+,31+,32-,33+,34+,35-,36-,37-,39-,40+,41-,42+/m0/s1. The fourth-order valence-corrected chi connectivity index (χ4v) is 12.5. The number of allylic oxidation sites excluding steroid dienone is 2. The van der Waals surface area contributed by atoms with E-state index in [0.29, 0.717) is 31.4 Å². The Balaban J connectivity index is 1.16. The number of fused-ring (bicyclic) bond motifs is 5. The maximum absolute atomic E-state index is 14.9. The van der Waals surface area contributed by atoms with Gasteiger partial charge >= 0.3 is 0 Å². The molecule has 0 aromatic heterocycles. The third-order valence-electron chi connectivity index (χ3n) is 16.0. The molecule has 0 radical (unpaired) electrons. The summed E-state index contributed by atoms with van der Waals surface area (Å²) in [7, 11) is 0. The third-order valence-corrected chi connectivity index (χ3v) is 16.0. The van der Waals surface area contributed by atoms with Crippen LogP contribution in [0.15, 0.2) is 23.5 Å². The van der Waals surface area contributed by atoms with E-state index in [-0.39, 0.29) is 35.7 Å². The van der Waals surface area contributed by atoms with Gasteiger partial charge in [0.2, 0.25) is 5.78 Å². The number of aliphatic hydroxyl groups is 7. The van der Waals surface area contributed by atoms with E-state index in [0.717, 1.165) is 5.57 Å². The molecule has 56 heavy (non-hydrogen) atoms. The molecule has 7 N–H and O–H groups in total. The van der Waals surface area contributed by atoms with Gasteiger partial charge in [-0.3, -0.25) is 9.59 Å². The lowest BCUT2D eigenvalue weighted by molar-refractivity contribution is -0.372. The second-order valence-corrected chi connectivity index (χ2v) is 19.7. The minimum atomic E-state index is -1.69. The largest absolute Gasteiger partial charge is 0.483 e. The lowest BCUT2D eigenvalue weighted by Gasteiger charge is -2.65. The minimum absolute atomic E-state index is 0.00153. The second kappa shape index (κ2) is 14.1. The van der Waals surface area contributed by atoms with Gasteiger partial charge in [0.1, 0.15) is 54.3 Å². The van der Waals surface area contributed by atoms with Crippen molar-refractivity contribution in [2.75, 3.05) is 6.61 Å². The van der Waals surface area contributed by atoms with Crippen LogP contribution in [0.4, 0.5) is 0 Å². The maximum atomic E-state index is 14.9. The molecule has 0 bridgehead atoms. The SMILES string of the molecule is CC(C)C1=CC(=O)[C@](C)([C@H]2[C@H](O)C[C@@]3(C)[C@@H]4CC=C5[C@H](CC[C@@H](O[C@@H]6O[C@H](CO)[C@@H](O)[C@H](O)[C@H]6O[C@@H]6O[C@@H](C)[C@H](O)[C@@H](O)[C@H]6O)C5(C)C)[C@]4(C)C(=O)C[C@]23C)O1. The summed E-state index contributed by atoms with van der Waals surface area (Å²) < 4.78 is 30.7. The molecule has 0 spiro atoms. The van der Waals surface area contributed by atoms with E-state index < -0.39 is 113 Å². The van der Waals surface area contributed by atoms with Gasteiger partial charge in [0.05, 0.1) is 24.9 Å². The van der Waals surface area contributed by atoms with Crippen LogP contribution in [0.5, 0.6) is 0 Å². The highest BCUT2D eigenvalue weighted by molar-refractivity contribution is 6.00. The number of hydrogen-bond acceptors (Lipinski definition) is 14. The molecular weight excluding hydrogens is 728 g/mol. The summed E-state index contributed by atoms with van der Waals surface area (Å²) in [5.74, 6) is -0.314. The van der Waals surface area contributed by atoms with Gasteiger partial charge in [-0.25, -0.2) is 0 Å². The lowest BCUT2D eigenvalue weighted by atomic mass is 9.38. The summed E-state index contributed by atoms with van der Waals surface area (Å²) in [5.41, 5.74) is -2.90. The Morgan fingerprint density at radius 3 is 2.14 bits per heavy atom. The van der Waals surface area contributed by atoms with Crippen LogP contribution in [0, 0.1) is 45.3 Å². The predicted octanol–water partition coefficient (Wildman–Crippen LogP) is 1.68. The zero-order valence-electron chi connectivity index (χ0n) is 34.1. The van der Waals surface area contributed by atoms with E-state index in [9.17, 15) is 45.3 Å². The molecule has 7 rings (SSSR count).